The fourth-order valence-electron chi connectivity index (χ4n) is 2.01. The quantitative estimate of drug-likeness (QED) is 0.776. The van der Waals surface area contributed by atoms with Crippen molar-refractivity contribution in [3.63, 3.8) is 0 Å². The number of carbonyl (C=O) groups is 1. The predicted octanol–water partition coefficient (Wildman–Crippen LogP) is 3.76. The number of aromatic nitrogens is 1. The summed E-state index contributed by atoms with van der Waals surface area (Å²) < 4.78 is 23.6. The second-order valence-corrected chi connectivity index (χ2v) is 4.80. The molecule has 3 rings (SSSR count). The van der Waals surface area contributed by atoms with Gasteiger partial charge in [0, 0.05) is 11.6 Å². The maximum absolute atomic E-state index is 13.5. The van der Waals surface area contributed by atoms with Crippen LogP contribution in [0.3, 0.4) is 0 Å². The van der Waals surface area contributed by atoms with E-state index in [4.69, 9.17) is 14.4 Å². The third-order valence-electron chi connectivity index (χ3n) is 3.20. The summed E-state index contributed by atoms with van der Waals surface area (Å²) >= 11 is 0. The topological polar surface area (TPSA) is 72.6 Å². The van der Waals surface area contributed by atoms with Crippen molar-refractivity contribution in [2.75, 3.05) is 0 Å². The van der Waals surface area contributed by atoms with Crippen LogP contribution < -0.4 is 4.74 Å². The predicted molar refractivity (Wildman–Crippen MR) is 79.6 cm³/mol. The molecule has 116 valence electrons. The van der Waals surface area contributed by atoms with E-state index >= 15 is 0 Å². The lowest BCUT2D eigenvalue weighted by molar-refractivity contribution is 0.0652. The Morgan fingerprint density at radius 1 is 1.17 bits per heavy atom. The van der Waals surface area contributed by atoms with Gasteiger partial charge in [0.25, 0.3) is 0 Å². The number of ether oxygens (including phenoxy) is 1. The van der Waals surface area contributed by atoms with Gasteiger partial charge in [-0.05, 0) is 17.7 Å². The zero-order chi connectivity index (χ0) is 16.2. The standard InChI is InChI=1S/C17H12FNO4/c18-13-3-1-2-4-15(13)22-10-11-5-7-12(8-6-11)14-9-16(17(20)21)23-19-14/h1-9H,10H2,(H,20,21). The lowest BCUT2D eigenvalue weighted by Crippen LogP contribution is -1.97. The highest BCUT2D eigenvalue weighted by molar-refractivity contribution is 5.85. The first-order valence-corrected chi connectivity index (χ1v) is 6.80. The van der Waals surface area contributed by atoms with Gasteiger partial charge in [-0.15, -0.1) is 0 Å². The second-order valence-electron chi connectivity index (χ2n) is 4.80. The first-order chi connectivity index (χ1) is 11.1. The average Bonchev–Trinajstić information content (AvgIpc) is 3.05. The van der Waals surface area contributed by atoms with Gasteiger partial charge in [-0.2, -0.15) is 0 Å². The van der Waals surface area contributed by atoms with Gasteiger partial charge in [-0.1, -0.05) is 41.6 Å². The van der Waals surface area contributed by atoms with Crippen LogP contribution in [-0.2, 0) is 6.61 Å². The van der Waals surface area contributed by atoms with Crippen molar-refractivity contribution in [1.82, 2.24) is 5.16 Å². The first-order valence-electron chi connectivity index (χ1n) is 6.80. The molecule has 0 aliphatic heterocycles. The Balaban J connectivity index is 1.69. The molecule has 5 nitrogen and oxygen atoms in total. The van der Waals surface area contributed by atoms with Crippen LogP contribution in [0.5, 0.6) is 5.75 Å². The molecule has 0 radical (unpaired) electrons. The summed E-state index contributed by atoms with van der Waals surface area (Å²) in [6.45, 7) is 0.223. The zero-order valence-electron chi connectivity index (χ0n) is 11.9. The van der Waals surface area contributed by atoms with E-state index in [1.165, 1.54) is 12.1 Å². The number of para-hydroxylation sites is 1. The Kier molecular flexibility index (Phi) is 4.05. The van der Waals surface area contributed by atoms with Crippen molar-refractivity contribution < 1.29 is 23.6 Å². The van der Waals surface area contributed by atoms with Crippen LogP contribution in [0.2, 0.25) is 0 Å². The van der Waals surface area contributed by atoms with Crippen LogP contribution in [0.1, 0.15) is 16.1 Å². The number of aromatic carboxylic acids is 1. The molecule has 0 atom stereocenters. The Morgan fingerprint density at radius 3 is 2.57 bits per heavy atom. The van der Waals surface area contributed by atoms with Crippen molar-refractivity contribution in [2.24, 2.45) is 0 Å². The van der Waals surface area contributed by atoms with Gasteiger partial charge in [0.15, 0.2) is 11.6 Å². The van der Waals surface area contributed by atoms with Crippen molar-refractivity contribution >= 4 is 5.97 Å². The molecule has 0 bridgehead atoms. The molecule has 6 heteroatoms. The summed E-state index contributed by atoms with van der Waals surface area (Å²) in [5.74, 6) is -1.60. The van der Waals surface area contributed by atoms with Crippen molar-refractivity contribution in [3.8, 4) is 17.0 Å². The van der Waals surface area contributed by atoms with Crippen molar-refractivity contribution in [2.45, 2.75) is 6.61 Å². The minimum absolute atomic E-state index is 0.194. The van der Waals surface area contributed by atoms with E-state index < -0.39 is 11.8 Å². The minimum atomic E-state index is -1.17. The number of hydrogen-bond donors (Lipinski definition) is 1. The third kappa shape index (κ3) is 3.37. The second kappa shape index (κ2) is 6.31. The molecule has 0 spiro atoms. The van der Waals surface area contributed by atoms with E-state index in [1.54, 1.807) is 42.5 Å². The highest BCUT2D eigenvalue weighted by atomic mass is 19.1. The molecular weight excluding hydrogens is 301 g/mol. The van der Waals surface area contributed by atoms with E-state index in [-0.39, 0.29) is 18.1 Å². The molecular formula is C17H12FNO4. The lowest BCUT2D eigenvalue weighted by Gasteiger charge is -2.07. The molecule has 1 N–H and O–H groups in total. The first kappa shape index (κ1) is 14.8. The molecule has 1 aromatic heterocycles. The van der Waals surface area contributed by atoms with Crippen molar-refractivity contribution in [3.05, 3.63) is 71.7 Å². The number of hydrogen-bond acceptors (Lipinski definition) is 4. The molecule has 1 heterocycles. The number of rotatable bonds is 5. The number of benzene rings is 2. The Hall–Kier alpha value is -3.15. The van der Waals surface area contributed by atoms with Gasteiger partial charge in [0.1, 0.15) is 12.3 Å². The average molecular weight is 313 g/mol. The monoisotopic (exact) mass is 313 g/mol. The molecule has 23 heavy (non-hydrogen) atoms. The summed E-state index contributed by atoms with van der Waals surface area (Å²) in [5.41, 5.74) is 2.00. The number of carboxylic acid groups (broad SMARTS) is 1. The van der Waals surface area contributed by atoms with E-state index in [0.29, 0.717) is 5.69 Å². The van der Waals surface area contributed by atoms with Crippen LogP contribution in [0, 0.1) is 5.82 Å². The Labute approximate surface area is 130 Å². The van der Waals surface area contributed by atoms with E-state index in [0.717, 1.165) is 11.1 Å². The molecule has 0 saturated heterocycles. The molecule has 3 aromatic rings. The number of nitrogens with zero attached hydrogens (tertiary/aromatic N) is 1. The minimum Gasteiger partial charge on any atom is -0.486 e. The van der Waals surface area contributed by atoms with Crippen LogP contribution in [0.15, 0.2) is 59.1 Å². The molecule has 2 aromatic carbocycles. The van der Waals surface area contributed by atoms with Gasteiger partial charge in [-0.3, -0.25) is 0 Å². The normalized spacial score (nSPS) is 10.5. The Morgan fingerprint density at radius 2 is 1.91 bits per heavy atom. The van der Waals surface area contributed by atoms with Crippen LogP contribution in [-0.4, -0.2) is 16.2 Å². The molecule has 0 saturated carbocycles. The fourth-order valence-corrected chi connectivity index (χ4v) is 2.01. The van der Waals surface area contributed by atoms with Crippen molar-refractivity contribution in [1.29, 1.82) is 0 Å². The SMILES string of the molecule is O=C(O)c1cc(-c2ccc(COc3ccccc3F)cc2)no1. The molecule has 0 aliphatic rings. The Bertz CT molecular complexity index is 827. The summed E-state index contributed by atoms with van der Waals surface area (Å²) in [4.78, 5) is 10.8. The summed E-state index contributed by atoms with van der Waals surface area (Å²) in [6.07, 6.45) is 0. The van der Waals surface area contributed by atoms with E-state index in [1.807, 2.05) is 0 Å². The maximum Gasteiger partial charge on any atom is 0.374 e. The number of halogens is 1. The van der Waals surface area contributed by atoms with Gasteiger partial charge >= 0.3 is 5.97 Å². The third-order valence-corrected chi connectivity index (χ3v) is 3.20. The highest BCUT2D eigenvalue weighted by Gasteiger charge is 2.12. The molecule has 0 amide bonds. The summed E-state index contributed by atoms with van der Waals surface area (Å²) in [5, 5.41) is 12.5. The molecule has 0 aliphatic carbocycles. The number of carboxylic acids is 1. The van der Waals surface area contributed by atoms with Gasteiger partial charge in [0.05, 0.1) is 0 Å². The molecule has 0 fully saturated rings. The van der Waals surface area contributed by atoms with Crippen LogP contribution >= 0.6 is 0 Å². The molecule has 0 unspecified atom stereocenters. The van der Waals surface area contributed by atoms with Crippen LogP contribution in [0.4, 0.5) is 4.39 Å². The van der Waals surface area contributed by atoms with Crippen LogP contribution in [0.25, 0.3) is 11.3 Å². The van der Waals surface area contributed by atoms with Gasteiger partial charge in [-0.25, -0.2) is 9.18 Å². The maximum atomic E-state index is 13.5. The van der Waals surface area contributed by atoms with E-state index in [9.17, 15) is 9.18 Å². The fraction of sp³-hybridized carbons (Fsp3) is 0.0588. The summed E-state index contributed by atoms with van der Waals surface area (Å²) in [6, 6.07) is 14.7. The smallest absolute Gasteiger partial charge is 0.374 e. The lowest BCUT2D eigenvalue weighted by atomic mass is 10.1. The zero-order valence-corrected chi connectivity index (χ0v) is 11.9. The summed E-state index contributed by atoms with van der Waals surface area (Å²) in [7, 11) is 0. The van der Waals surface area contributed by atoms with E-state index in [2.05, 4.69) is 5.16 Å². The van der Waals surface area contributed by atoms with Gasteiger partial charge < -0.3 is 14.4 Å². The van der Waals surface area contributed by atoms with Gasteiger partial charge in [0.2, 0.25) is 5.76 Å². The largest absolute Gasteiger partial charge is 0.486 e. The highest BCUT2D eigenvalue weighted by Crippen LogP contribution is 2.21.